The summed E-state index contributed by atoms with van der Waals surface area (Å²) < 4.78 is 11.4. The Morgan fingerprint density at radius 3 is 1.71 bits per heavy atom. The third kappa shape index (κ3) is 3.84. The number of benzene rings is 9. The van der Waals surface area contributed by atoms with Gasteiger partial charge in [0.05, 0.1) is 27.8 Å². The Labute approximate surface area is 315 Å². The number of nitrogens with zero attached hydrogens (tertiary/aromatic N) is 2. The molecule has 0 bridgehead atoms. The summed E-state index contributed by atoms with van der Waals surface area (Å²) in [5, 5.41) is 9.86. The Morgan fingerprint density at radius 1 is 0.345 bits per heavy atom. The van der Waals surface area contributed by atoms with Crippen LogP contribution in [0, 0.1) is 0 Å². The molecule has 0 amide bonds. The van der Waals surface area contributed by atoms with Gasteiger partial charge in [-0.2, -0.15) is 0 Å². The molecular weight excluding hydrogens is 669 g/mol. The molecule has 0 aliphatic heterocycles. The van der Waals surface area contributed by atoms with Crippen molar-refractivity contribution in [2.45, 2.75) is 0 Å². The van der Waals surface area contributed by atoms with E-state index in [0.717, 1.165) is 16.6 Å². The molecule has 0 radical (unpaired) electrons. The monoisotopic (exact) mass is 698 g/mol. The molecular formula is C52H30N2O. The van der Waals surface area contributed by atoms with Crippen LogP contribution in [-0.2, 0) is 0 Å². The van der Waals surface area contributed by atoms with Crippen LogP contribution >= 0.6 is 0 Å². The highest BCUT2D eigenvalue weighted by Crippen LogP contribution is 2.53. The second-order valence-electron chi connectivity index (χ2n) is 14.8. The van der Waals surface area contributed by atoms with E-state index in [4.69, 9.17) is 4.42 Å². The lowest BCUT2D eigenvalue weighted by Crippen LogP contribution is -1.95. The maximum absolute atomic E-state index is 6.58. The molecule has 1 aliphatic rings. The molecule has 3 aromatic heterocycles. The molecule has 0 N–H and O–H groups in total. The van der Waals surface area contributed by atoms with E-state index in [1.807, 2.05) is 6.07 Å². The van der Waals surface area contributed by atoms with E-state index in [0.29, 0.717) is 0 Å². The van der Waals surface area contributed by atoms with Crippen molar-refractivity contribution in [3.05, 3.63) is 182 Å². The molecule has 0 atom stereocenters. The molecule has 55 heavy (non-hydrogen) atoms. The minimum absolute atomic E-state index is 0.929. The van der Waals surface area contributed by atoms with Gasteiger partial charge < -0.3 is 13.6 Å². The van der Waals surface area contributed by atoms with E-state index in [9.17, 15) is 0 Å². The lowest BCUT2D eigenvalue weighted by atomic mass is 10.0. The Bertz CT molecular complexity index is 3600. The first-order valence-corrected chi connectivity index (χ1v) is 18.9. The van der Waals surface area contributed by atoms with Crippen molar-refractivity contribution in [1.29, 1.82) is 0 Å². The summed E-state index contributed by atoms with van der Waals surface area (Å²) in [7, 11) is 0. The van der Waals surface area contributed by atoms with E-state index >= 15 is 0 Å². The van der Waals surface area contributed by atoms with Gasteiger partial charge >= 0.3 is 0 Å². The van der Waals surface area contributed by atoms with E-state index < -0.39 is 0 Å². The average Bonchev–Trinajstić information content (AvgIpc) is 3.98. The van der Waals surface area contributed by atoms with E-state index in [-0.39, 0.29) is 0 Å². The van der Waals surface area contributed by atoms with Crippen LogP contribution in [0.5, 0.6) is 0 Å². The van der Waals surface area contributed by atoms with Crippen LogP contribution in [0.2, 0.25) is 0 Å². The zero-order valence-corrected chi connectivity index (χ0v) is 29.6. The molecule has 12 aromatic rings. The van der Waals surface area contributed by atoms with E-state index in [1.54, 1.807) is 0 Å². The van der Waals surface area contributed by atoms with Gasteiger partial charge in [0.25, 0.3) is 0 Å². The Balaban J connectivity index is 1.01. The fourth-order valence-corrected chi connectivity index (χ4v) is 9.72. The number of fused-ring (bicyclic) bond motifs is 13. The fourth-order valence-electron chi connectivity index (χ4n) is 9.72. The summed E-state index contributed by atoms with van der Waals surface area (Å²) >= 11 is 0. The summed E-state index contributed by atoms with van der Waals surface area (Å²) in [5.74, 6) is 0. The largest absolute Gasteiger partial charge is 0.455 e. The van der Waals surface area contributed by atoms with Crippen LogP contribution in [0.1, 0.15) is 0 Å². The van der Waals surface area contributed by atoms with Gasteiger partial charge in [-0.25, -0.2) is 0 Å². The summed E-state index contributed by atoms with van der Waals surface area (Å²) in [5.41, 5.74) is 16.4. The molecule has 0 spiro atoms. The Kier molecular flexibility index (Phi) is 5.63. The maximum Gasteiger partial charge on any atom is 0.143 e. The standard InChI is InChI=1S/C52H30N2O/c1-2-11-33(12-3-1)53-44-18-7-4-13-34(44)42-29-31(21-26-47(42)53)32-22-27-48-43(30-32)35-14-5-8-19-45(35)54(48)46-28-25-37-38-23-24-39-36-15-6-9-20-49(36)55-52(39)51(38)41-17-10-16-40(46)50(37)41/h1-30H. The van der Waals surface area contributed by atoms with Gasteiger partial charge in [0.2, 0.25) is 0 Å². The molecule has 0 saturated heterocycles. The maximum atomic E-state index is 6.58. The number of hydrogen-bond acceptors (Lipinski definition) is 1. The van der Waals surface area contributed by atoms with Crippen molar-refractivity contribution in [2.24, 2.45) is 0 Å². The normalized spacial score (nSPS) is 12.4. The highest BCUT2D eigenvalue weighted by atomic mass is 16.3. The Hall–Kier alpha value is -7.36. The van der Waals surface area contributed by atoms with Gasteiger partial charge in [-0.15, -0.1) is 0 Å². The minimum Gasteiger partial charge on any atom is -0.455 e. The molecule has 3 heteroatoms. The second kappa shape index (κ2) is 10.6. The minimum atomic E-state index is 0.929. The highest BCUT2D eigenvalue weighted by Gasteiger charge is 2.28. The zero-order valence-electron chi connectivity index (χ0n) is 29.6. The molecule has 9 aromatic carbocycles. The molecule has 3 nitrogen and oxygen atoms in total. The number of rotatable bonds is 3. The van der Waals surface area contributed by atoms with E-state index in [2.05, 4.69) is 185 Å². The fraction of sp³-hybridized carbons (Fsp3) is 0. The van der Waals surface area contributed by atoms with Gasteiger partial charge in [-0.3, -0.25) is 0 Å². The van der Waals surface area contributed by atoms with Gasteiger partial charge in [0.15, 0.2) is 0 Å². The van der Waals surface area contributed by atoms with Crippen molar-refractivity contribution in [2.75, 3.05) is 0 Å². The van der Waals surface area contributed by atoms with Crippen LogP contribution in [0.4, 0.5) is 0 Å². The van der Waals surface area contributed by atoms with Crippen molar-refractivity contribution >= 4 is 76.3 Å². The number of aromatic nitrogens is 2. The predicted molar refractivity (Wildman–Crippen MR) is 230 cm³/mol. The third-order valence-corrected chi connectivity index (χ3v) is 12.1. The van der Waals surface area contributed by atoms with E-state index in [1.165, 1.54) is 105 Å². The topological polar surface area (TPSA) is 23.0 Å². The van der Waals surface area contributed by atoms with Gasteiger partial charge in [-0.05, 0) is 99.9 Å². The molecule has 254 valence electrons. The van der Waals surface area contributed by atoms with Crippen LogP contribution < -0.4 is 0 Å². The average molecular weight is 699 g/mol. The third-order valence-electron chi connectivity index (χ3n) is 12.1. The van der Waals surface area contributed by atoms with Crippen LogP contribution in [0.3, 0.4) is 0 Å². The lowest BCUT2D eigenvalue weighted by molar-refractivity contribution is 0.670. The molecule has 0 fully saturated rings. The van der Waals surface area contributed by atoms with Crippen molar-refractivity contribution in [3.63, 3.8) is 0 Å². The molecule has 3 heterocycles. The quantitative estimate of drug-likeness (QED) is 0.180. The van der Waals surface area contributed by atoms with Gasteiger partial charge in [-0.1, -0.05) is 115 Å². The number of hydrogen-bond donors (Lipinski definition) is 0. The van der Waals surface area contributed by atoms with Crippen LogP contribution in [0.25, 0.3) is 121 Å². The first-order chi connectivity index (χ1) is 27.3. The first kappa shape index (κ1) is 29.1. The van der Waals surface area contributed by atoms with Crippen LogP contribution in [-0.4, -0.2) is 9.13 Å². The molecule has 0 unspecified atom stereocenters. The first-order valence-electron chi connectivity index (χ1n) is 18.9. The smallest absolute Gasteiger partial charge is 0.143 e. The van der Waals surface area contributed by atoms with Gasteiger partial charge in [0, 0.05) is 49.0 Å². The van der Waals surface area contributed by atoms with Gasteiger partial charge in [0.1, 0.15) is 11.2 Å². The number of furan rings is 1. The summed E-state index contributed by atoms with van der Waals surface area (Å²) in [6, 6.07) is 66.5. The lowest BCUT2D eigenvalue weighted by Gasteiger charge is -2.13. The summed E-state index contributed by atoms with van der Waals surface area (Å²) in [6.07, 6.45) is 0. The zero-order chi connectivity index (χ0) is 35.8. The molecule has 0 saturated carbocycles. The second-order valence-corrected chi connectivity index (χ2v) is 14.8. The SMILES string of the molecule is c1ccc(-n2c3ccccc3c3cc(-c4ccc5c(c4)c4ccccc4n5-c4ccc5c6c(cccc46)-c4c-5ccc5c4oc4ccccc45)ccc32)cc1. The summed E-state index contributed by atoms with van der Waals surface area (Å²) in [4.78, 5) is 0. The number of para-hydroxylation sites is 4. The molecule has 1 aliphatic carbocycles. The van der Waals surface area contributed by atoms with Crippen molar-refractivity contribution < 1.29 is 4.42 Å². The predicted octanol–water partition coefficient (Wildman–Crippen LogP) is 14.2. The van der Waals surface area contributed by atoms with Crippen molar-refractivity contribution in [3.8, 4) is 44.8 Å². The summed E-state index contributed by atoms with van der Waals surface area (Å²) in [6.45, 7) is 0. The van der Waals surface area contributed by atoms with Crippen LogP contribution in [0.15, 0.2) is 186 Å². The Morgan fingerprint density at radius 2 is 0.945 bits per heavy atom. The molecule has 13 rings (SSSR count). The highest BCUT2D eigenvalue weighted by molar-refractivity contribution is 6.24. The van der Waals surface area contributed by atoms with Crippen molar-refractivity contribution in [1.82, 2.24) is 9.13 Å².